The fraction of sp³-hybridized carbons (Fsp3) is 0.727. The number of nitrogens with zero attached hydrogens (tertiary/aromatic N) is 1. The first-order valence-electron chi connectivity index (χ1n) is 5.47. The van der Waals surface area contributed by atoms with Crippen molar-refractivity contribution in [3.8, 4) is 0 Å². The Morgan fingerprint density at radius 3 is 2.73 bits per heavy atom. The van der Waals surface area contributed by atoms with Crippen LogP contribution in [-0.2, 0) is 5.41 Å². The lowest BCUT2D eigenvalue weighted by Gasteiger charge is -2.36. The first kappa shape index (κ1) is 11.0. The van der Waals surface area contributed by atoms with Crippen molar-refractivity contribution in [3.63, 3.8) is 0 Å². The van der Waals surface area contributed by atoms with Crippen molar-refractivity contribution in [3.05, 3.63) is 16.1 Å². The van der Waals surface area contributed by atoms with E-state index in [2.05, 4.69) is 10.4 Å². The fourth-order valence-electron chi connectivity index (χ4n) is 2.33. The molecule has 0 unspecified atom stereocenters. The summed E-state index contributed by atoms with van der Waals surface area (Å²) in [6, 6.07) is 0. The van der Waals surface area contributed by atoms with E-state index in [0.29, 0.717) is 6.54 Å². The topological polar surface area (TPSA) is 59.1 Å². The van der Waals surface area contributed by atoms with Crippen LogP contribution in [0.15, 0.2) is 5.38 Å². The Balaban J connectivity index is 2.22. The number of thiazole rings is 1. The lowest BCUT2D eigenvalue weighted by molar-refractivity contribution is 0.0963. The smallest absolute Gasteiger partial charge is 0.0897 e. The second-order valence-corrected chi connectivity index (χ2v) is 5.53. The molecular formula is C11H18N2OS. The number of aromatic nitrogens is 1. The maximum absolute atomic E-state index is 9.53. The first-order valence-corrected chi connectivity index (χ1v) is 6.35. The number of hydrogen-bond acceptors (Lipinski definition) is 4. The second kappa shape index (κ2) is 4.20. The Kier molecular flexibility index (Phi) is 3.09. The van der Waals surface area contributed by atoms with Gasteiger partial charge in [0.25, 0.3) is 0 Å². The van der Waals surface area contributed by atoms with E-state index in [1.165, 1.54) is 0 Å². The van der Waals surface area contributed by atoms with Gasteiger partial charge in [0.15, 0.2) is 0 Å². The molecule has 1 saturated carbocycles. The Morgan fingerprint density at radius 1 is 1.60 bits per heavy atom. The molecule has 1 aromatic rings. The summed E-state index contributed by atoms with van der Waals surface area (Å²) in [4.78, 5) is 4.56. The van der Waals surface area contributed by atoms with Gasteiger partial charge in [-0.2, -0.15) is 0 Å². The number of aliphatic hydroxyl groups excluding tert-OH is 1. The molecule has 3 N–H and O–H groups in total. The molecule has 2 rings (SSSR count). The van der Waals surface area contributed by atoms with E-state index in [0.717, 1.165) is 36.4 Å². The average molecular weight is 226 g/mol. The van der Waals surface area contributed by atoms with Crippen molar-refractivity contribution in [2.45, 2.75) is 44.1 Å². The number of nitrogens with two attached hydrogens (primary N) is 1. The Bertz CT molecular complexity index is 329. The number of aliphatic hydroxyl groups is 1. The van der Waals surface area contributed by atoms with Crippen LogP contribution in [0.2, 0.25) is 0 Å². The maximum Gasteiger partial charge on any atom is 0.0897 e. The van der Waals surface area contributed by atoms with E-state index in [4.69, 9.17) is 5.73 Å². The molecule has 0 aromatic carbocycles. The zero-order valence-corrected chi connectivity index (χ0v) is 9.89. The fourth-order valence-corrected chi connectivity index (χ4v) is 3.06. The predicted molar refractivity (Wildman–Crippen MR) is 62.1 cm³/mol. The van der Waals surface area contributed by atoms with Crippen LogP contribution < -0.4 is 5.73 Å². The van der Waals surface area contributed by atoms with Gasteiger partial charge in [0.05, 0.1) is 16.8 Å². The van der Waals surface area contributed by atoms with Crippen molar-refractivity contribution in [1.29, 1.82) is 0 Å². The highest BCUT2D eigenvalue weighted by atomic mass is 32.1. The van der Waals surface area contributed by atoms with Gasteiger partial charge in [-0.1, -0.05) is 0 Å². The van der Waals surface area contributed by atoms with Gasteiger partial charge in [0.2, 0.25) is 0 Å². The number of rotatable bonds is 2. The van der Waals surface area contributed by atoms with Crippen LogP contribution in [0.25, 0.3) is 0 Å². The van der Waals surface area contributed by atoms with Gasteiger partial charge in [-0.25, -0.2) is 4.98 Å². The molecule has 84 valence electrons. The van der Waals surface area contributed by atoms with Gasteiger partial charge in [-0.05, 0) is 32.6 Å². The molecule has 1 fully saturated rings. The molecule has 1 aromatic heterocycles. The van der Waals surface area contributed by atoms with Crippen molar-refractivity contribution in [2.24, 2.45) is 5.73 Å². The van der Waals surface area contributed by atoms with Crippen LogP contribution in [0.1, 0.15) is 36.4 Å². The van der Waals surface area contributed by atoms with Gasteiger partial charge < -0.3 is 10.8 Å². The molecule has 1 heterocycles. The highest BCUT2D eigenvalue weighted by molar-refractivity contribution is 7.09. The van der Waals surface area contributed by atoms with Crippen molar-refractivity contribution < 1.29 is 5.11 Å². The Hall–Kier alpha value is -0.450. The molecule has 3 nitrogen and oxygen atoms in total. The predicted octanol–water partition coefficient (Wildman–Crippen LogP) is 1.58. The summed E-state index contributed by atoms with van der Waals surface area (Å²) < 4.78 is 0. The van der Waals surface area contributed by atoms with E-state index in [9.17, 15) is 5.11 Å². The molecular weight excluding hydrogens is 208 g/mol. The van der Waals surface area contributed by atoms with E-state index < -0.39 is 0 Å². The molecule has 0 aliphatic heterocycles. The summed E-state index contributed by atoms with van der Waals surface area (Å²) in [6.07, 6.45) is 3.51. The molecule has 4 heteroatoms. The first-order chi connectivity index (χ1) is 7.16. The lowest BCUT2D eigenvalue weighted by Crippen LogP contribution is -2.40. The molecule has 0 atom stereocenters. The molecule has 0 saturated heterocycles. The van der Waals surface area contributed by atoms with Crippen LogP contribution in [0.5, 0.6) is 0 Å². The van der Waals surface area contributed by atoms with Crippen molar-refractivity contribution in [1.82, 2.24) is 4.98 Å². The normalized spacial score (nSPS) is 31.8. The summed E-state index contributed by atoms with van der Waals surface area (Å²) in [6.45, 7) is 2.67. The summed E-state index contributed by atoms with van der Waals surface area (Å²) in [5, 5.41) is 12.8. The monoisotopic (exact) mass is 226 g/mol. The van der Waals surface area contributed by atoms with Crippen molar-refractivity contribution in [2.75, 3.05) is 6.54 Å². The summed E-state index contributed by atoms with van der Waals surface area (Å²) in [5.41, 5.74) is 7.08. The third-order valence-corrected chi connectivity index (χ3v) is 4.24. The Morgan fingerprint density at radius 2 is 2.27 bits per heavy atom. The van der Waals surface area contributed by atoms with Crippen LogP contribution in [0, 0.1) is 6.92 Å². The van der Waals surface area contributed by atoms with E-state index in [1.807, 2.05) is 6.92 Å². The van der Waals surface area contributed by atoms with Crippen LogP contribution in [0.4, 0.5) is 0 Å². The molecule has 0 spiro atoms. The minimum atomic E-state index is -0.135. The molecule has 1 aliphatic carbocycles. The van der Waals surface area contributed by atoms with Crippen molar-refractivity contribution >= 4 is 11.3 Å². The van der Waals surface area contributed by atoms with E-state index >= 15 is 0 Å². The summed E-state index contributed by atoms with van der Waals surface area (Å²) >= 11 is 1.68. The SMILES string of the molecule is Cc1nc(C2(CN)CCC(O)CC2)cs1. The molecule has 0 bridgehead atoms. The largest absolute Gasteiger partial charge is 0.393 e. The standard InChI is InChI=1S/C11H18N2OS/c1-8-13-10(6-15-8)11(7-12)4-2-9(14)3-5-11/h6,9,14H,2-5,7,12H2,1H3. The zero-order valence-electron chi connectivity index (χ0n) is 9.07. The van der Waals surface area contributed by atoms with Gasteiger partial charge in [0.1, 0.15) is 0 Å². The summed E-state index contributed by atoms with van der Waals surface area (Å²) in [7, 11) is 0. The minimum absolute atomic E-state index is 0.0317. The van der Waals surface area contributed by atoms with Crippen LogP contribution in [0.3, 0.4) is 0 Å². The summed E-state index contributed by atoms with van der Waals surface area (Å²) in [5.74, 6) is 0. The molecule has 0 amide bonds. The maximum atomic E-state index is 9.53. The van der Waals surface area contributed by atoms with E-state index in [1.54, 1.807) is 11.3 Å². The lowest BCUT2D eigenvalue weighted by atomic mass is 9.71. The zero-order chi connectivity index (χ0) is 10.9. The third-order valence-electron chi connectivity index (χ3n) is 3.47. The van der Waals surface area contributed by atoms with Gasteiger partial charge in [-0.3, -0.25) is 0 Å². The van der Waals surface area contributed by atoms with Gasteiger partial charge in [0, 0.05) is 17.3 Å². The highest BCUT2D eigenvalue weighted by Gasteiger charge is 2.36. The molecule has 0 radical (unpaired) electrons. The van der Waals surface area contributed by atoms with E-state index in [-0.39, 0.29) is 11.5 Å². The quantitative estimate of drug-likeness (QED) is 0.805. The van der Waals surface area contributed by atoms with Gasteiger partial charge >= 0.3 is 0 Å². The number of aryl methyl sites for hydroxylation is 1. The second-order valence-electron chi connectivity index (χ2n) is 4.47. The van der Waals surface area contributed by atoms with Crippen LogP contribution in [-0.4, -0.2) is 22.7 Å². The molecule has 1 aliphatic rings. The third kappa shape index (κ3) is 2.07. The van der Waals surface area contributed by atoms with Crippen LogP contribution >= 0.6 is 11.3 Å². The molecule has 15 heavy (non-hydrogen) atoms. The average Bonchev–Trinajstić information content (AvgIpc) is 2.67. The van der Waals surface area contributed by atoms with Gasteiger partial charge in [-0.15, -0.1) is 11.3 Å². The number of hydrogen-bond donors (Lipinski definition) is 2. The Labute approximate surface area is 94.3 Å². The minimum Gasteiger partial charge on any atom is -0.393 e. The highest BCUT2D eigenvalue weighted by Crippen LogP contribution is 2.38.